The Morgan fingerprint density at radius 1 is 1.21 bits per heavy atom. The molecule has 0 unspecified atom stereocenters. The van der Waals surface area contributed by atoms with E-state index in [1.54, 1.807) is 18.2 Å². The third kappa shape index (κ3) is 3.93. The summed E-state index contributed by atoms with van der Waals surface area (Å²) in [6.07, 6.45) is 1.81. The normalized spacial score (nSPS) is 10.9. The van der Waals surface area contributed by atoms with Crippen LogP contribution in [0.15, 0.2) is 22.6 Å². The van der Waals surface area contributed by atoms with Gasteiger partial charge in [-0.05, 0) is 31.2 Å². The summed E-state index contributed by atoms with van der Waals surface area (Å²) in [7, 11) is 0. The summed E-state index contributed by atoms with van der Waals surface area (Å²) < 4.78 is 5.58. The van der Waals surface area contributed by atoms with E-state index in [1.807, 2.05) is 0 Å². The highest BCUT2D eigenvalue weighted by atomic mass is 35.5. The minimum Gasteiger partial charge on any atom is -0.421 e. The van der Waals surface area contributed by atoms with Gasteiger partial charge in [0.15, 0.2) is 0 Å². The van der Waals surface area contributed by atoms with E-state index < -0.39 is 0 Å². The molecule has 0 fully saturated rings. The van der Waals surface area contributed by atoms with E-state index in [0.717, 1.165) is 19.5 Å². The first-order valence-electron chi connectivity index (χ1n) is 6.19. The summed E-state index contributed by atoms with van der Waals surface area (Å²) in [5.74, 6) is 1.02. The molecule has 1 aromatic carbocycles. The Morgan fingerprint density at radius 3 is 2.79 bits per heavy atom. The predicted molar refractivity (Wildman–Crippen MR) is 76.6 cm³/mol. The molecule has 6 heteroatoms. The third-order valence-electron chi connectivity index (χ3n) is 2.57. The minimum absolute atomic E-state index is 0.423. The van der Waals surface area contributed by atoms with Crippen molar-refractivity contribution in [3.05, 3.63) is 34.1 Å². The zero-order chi connectivity index (χ0) is 13.7. The van der Waals surface area contributed by atoms with Gasteiger partial charge in [-0.3, -0.25) is 0 Å². The number of aromatic nitrogens is 2. The molecule has 19 heavy (non-hydrogen) atoms. The molecule has 2 rings (SSSR count). The van der Waals surface area contributed by atoms with E-state index in [-0.39, 0.29) is 0 Å². The third-order valence-corrected chi connectivity index (χ3v) is 3.12. The summed E-state index contributed by atoms with van der Waals surface area (Å²) in [4.78, 5) is 0. The maximum absolute atomic E-state index is 6.09. The summed E-state index contributed by atoms with van der Waals surface area (Å²) in [5, 5.41) is 12.4. The molecule has 0 amide bonds. The van der Waals surface area contributed by atoms with Crippen LogP contribution in [0.25, 0.3) is 11.5 Å². The number of nitrogens with zero attached hydrogens (tertiary/aromatic N) is 2. The van der Waals surface area contributed by atoms with E-state index in [4.69, 9.17) is 27.6 Å². The number of hydrogen-bond donors (Lipinski definition) is 1. The molecule has 1 heterocycles. The lowest BCUT2D eigenvalue weighted by atomic mass is 10.2. The number of rotatable bonds is 6. The van der Waals surface area contributed by atoms with Gasteiger partial charge in [-0.15, -0.1) is 10.2 Å². The maximum atomic E-state index is 6.09. The van der Waals surface area contributed by atoms with Crippen LogP contribution in [0, 0.1) is 0 Å². The Bertz CT molecular complexity index is 542. The van der Waals surface area contributed by atoms with Crippen molar-refractivity contribution in [2.75, 3.05) is 13.1 Å². The zero-order valence-corrected chi connectivity index (χ0v) is 12.1. The Labute approximate surface area is 122 Å². The molecule has 1 aromatic heterocycles. The number of benzene rings is 1. The van der Waals surface area contributed by atoms with E-state index in [9.17, 15) is 0 Å². The van der Waals surface area contributed by atoms with Gasteiger partial charge in [0.25, 0.3) is 0 Å². The molecule has 0 radical (unpaired) electrons. The Kier molecular flexibility index (Phi) is 5.19. The van der Waals surface area contributed by atoms with Crippen LogP contribution in [-0.4, -0.2) is 23.3 Å². The van der Waals surface area contributed by atoms with Crippen molar-refractivity contribution in [3.63, 3.8) is 0 Å². The van der Waals surface area contributed by atoms with E-state index in [0.29, 0.717) is 33.8 Å². The average Bonchev–Trinajstić information content (AvgIpc) is 2.83. The second kappa shape index (κ2) is 6.89. The summed E-state index contributed by atoms with van der Waals surface area (Å²) in [5.41, 5.74) is 0.700. The molecule has 102 valence electrons. The molecule has 0 aliphatic heterocycles. The molecule has 0 atom stereocenters. The Morgan fingerprint density at radius 2 is 2.05 bits per heavy atom. The molecule has 0 aliphatic carbocycles. The van der Waals surface area contributed by atoms with Gasteiger partial charge in [0.1, 0.15) is 0 Å². The van der Waals surface area contributed by atoms with Gasteiger partial charge in [0.2, 0.25) is 11.8 Å². The van der Waals surface area contributed by atoms with Gasteiger partial charge >= 0.3 is 0 Å². The molecule has 4 nitrogen and oxygen atoms in total. The monoisotopic (exact) mass is 299 g/mol. The molecule has 0 aliphatic rings. The lowest BCUT2D eigenvalue weighted by Gasteiger charge is -2.00. The first-order valence-corrected chi connectivity index (χ1v) is 6.95. The Balaban J connectivity index is 2.04. The van der Waals surface area contributed by atoms with Crippen LogP contribution >= 0.6 is 23.2 Å². The lowest BCUT2D eigenvalue weighted by Crippen LogP contribution is -2.17. The summed E-state index contributed by atoms with van der Waals surface area (Å²) in [6, 6.07) is 5.18. The molecular formula is C13H15Cl2N3O. The average molecular weight is 300 g/mol. The summed E-state index contributed by atoms with van der Waals surface area (Å²) >= 11 is 11.9. The fourth-order valence-corrected chi connectivity index (χ4v) is 2.11. The van der Waals surface area contributed by atoms with Crippen molar-refractivity contribution in [1.29, 1.82) is 0 Å². The molecule has 0 saturated carbocycles. The number of hydrogen-bond acceptors (Lipinski definition) is 4. The van der Waals surface area contributed by atoms with Crippen LogP contribution in [-0.2, 0) is 6.42 Å². The van der Waals surface area contributed by atoms with Crippen LogP contribution < -0.4 is 5.32 Å². The second-order valence-electron chi connectivity index (χ2n) is 4.13. The fourth-order valence-electron chi connectivity index (χ4n) is 1.62. The van der Waals surface area contributed by atoms with Gasteiger partial charge in [-0.2, -0.15) is 0 Å². The van der Waals surface area contributed by atoms with Gasteiger partial charge in [0.05, 0.1) is 10.6 Å². The van der Waals surface area contributed by atoms with Crippen molar-refractivity contribution in [1.82, 2.24) is 15.5 Å². The predicted octanol–water partition coefficient (Wildman–Crippen LogP) is 3.59. The molecule has 1 N–H and O–H groups in total. The van der Waals surface area contributed by atoms with Crippen molar-refractivity contribution < 1.29 is 4.42 Å². The van der Waals surface area contributed by atoms with Gasteiger partial charge in [-0.25, -0.2) is 0 Å². The standard InChI is InChI=1S/C13H15Cl2N3O/c1-2-6-16-7-5-12-17-18-13(19-12)10-4-3-9(14)8-11(10)15/h3-4,8,16H,2,5-7H2,1H3. The first kappa shape index (κ1) is 14.3. The molecular weight excluding hydrogens is 285 g/mol. The molecule has 0 bridgehead atoms. The SMILES string of the molecule is CCCNCCc1nnc(-c2ccc(Cl)cc2Cl)o1. The Hall–Kier alpha value is -1.10. The number of halogens is 2. The second-order valence-corrected chi connectivity index (χ2v) is 4.97. The minimum atomic E-state index is 0.423. The van der Waals surface area contributed by atoms with Gasteiger partial charge in [-0.1, -0.05) is 30.1 Å². The number of nitrogens with one attached hydrogen (secondary N) is 1. The van der Waals surface area contributed by atoms with E-state index >= 15 is 0 Å². The van der Waals surface area contributed by atoms with Crippen LogP contribution in [0.2, 0.25) is 10.0 Å². The zero-order valence-electron chi connectivity index (χ0n) is 10.6. The molecule has 0 spiro atoms. The van der Waals surface area contributed by atoms with Crippen molar-refractivity contribution in [2.45, 2.75) is 19.8 Å². The highest BCUT2D eigenvalue weighted by Gasteiger charge is 2.11. The van der Waals surface area contributed by atoms with Gasteiger partial charge in [0, 0.05) is 18.0 Å². The largest absolute Gasteiger partial charge is 0.421 e. The molecule has 0 saturated heterocycles. The topological polar surface area (TPSA) is 51.0 Å². The lowest BCUT2D eigenvalue weighted by molar-refractivity contribution is 0.494. The van der Waals surface area contributed by atoms with Crippen LogP contribution in [0.4, 0.5) is 0 Å². The fraction of sp³-hybridized carbons (Fsp3) is 0.385. The van der Waals surface area contributed by atoms with E-state index in [2.05, 4.69) is 22.4 Å². The quantitative estimate of drug-likeness (QED) is 0.828. The van der Waals surface area contributed by atoms with Crippen molar-refractivity contribution in [3.8, 4) is 11.5 Å². The van der Waals surface area contributed by atoms with Crippen LogP contribution in [0.3, 0.4) is 0 Å². The highest BCUT2D eigenvalue weighted by molar-refractivity contribution is 6.36. The van der Waals surface area contributed by atoms with Crippen LogP contribution in [0.1, 0.15) is 19.2 Å². The molecule has 2 aromatic rings. The van der Waals surface area contributed by atoms with Gasteiger partial charge < -0.3 is 9.73 Å². The van der Waals surface area contributed by atoms with Crippen molar-refractivity contribution in [2.24, 2.45) is 0 Å². The maximum Gasteiger partial charge on any atom is 0.249 e. The first-order chi connectivity index (χ1) is 9.20. The summed E-state index contributed by atoms with van der Waals surface area (Å²) in [6.45, 7) is 3.94. The smallest absolute Gasteiger partial charge is 0.249 e. The van der Waals surface area contributed by atoms with E-state index in [1.165, 1.54) is 0 Å². The van der Waals surface area contributed by atoms with Crippen molar-refractivity contribution >= 4 is 23.2 Å². The highest BCUT2D eigenvalue weighted by Crippen LogP contribution is 2.29. The van der Waals surface area contributed by atoms with Crippen LogP contribution in [0.5, 0.6) is 0 Å².